The van der Waals surface area contributed by atoms with Crippen LogP contribution in [0, 0.1) is 13.8 Å². The smallest absolute Gasteiger partial charge is 0.160 e. The molecule has 0 radical (unpaired) electrons. The zero-order valence-corrected chi connectivity index (χ0v) is 13.4. The van der Waals surface area contributed by atoms with Gasteiger partial charge in [0.15, 0.2) is 5.82 Å². The lowest BCUT2D eigenvalue weighted by molar-refractivity contribution is 0.636. The molecule has 0 bridgehead atoms. The molecular weight excluding hydrogens is 266 g/mol. The molecular formula is C16H23N3S. The number of hydrogen-bond acceptors (Lipinski definition) is 4. The summed E-state index contributed by atoms with van der Waals surface area (Å²) >= 11 is 1.68. The van der Waals surface area contributed by atoms with Crippen LogP contribution in [0.4, 0.5) is 0 Å². The second kappa shape index (κ2) is 7.50. The predicted molar refractivity (Wildman–Crippen MR) is 86.3 cm³/mol. The molecule has 0 aliphatic heterocycles. The third kappa shape index (κ3) is 3.87. The van der Waals surface area contributed by atoms with E-state index in [2.05, 4.69) is 52.9 Å². The van der Waals surface area contributed by atoms with Crippen molar-refractivity contribution >= 4 is 11.3 Å². The van der Waals surface area contributed by atoms with Crippen LogP contribution in [0.1, 0.15) is 36.7 Å². The zero-order valence-electron chi connectivity index (χ0n) is 12.6. The van der Waals surface area contributed by atoms with E-state index in [1.165, 1.54) is 12.0 Å². The molecule has 0 saturated heterocycles. The van der Waals surface area contributed by atoms with Gasteiger partial charge in [-0.15, -0.1) is 0 Å². The molecule has 2 rings (SSSR count). The summed E-state index contributed by atoms with van der Waals surface area (Å²) in [6.45, 7) is 8.56. The van der Waals surface area contributed by atoms with Crippen molar-refractivity contribution in [2.24, 2.45) is 0 Å². The molecule has 0 atom stereocenters. The first-order chi connectivity index (χ1) is 9.72. The van der Waals surface area contributed by atoms with Crippen LogP contribution in [0.3, 0.4) is 0 Å². The van der Waals surface area contributed by atoms with E-state index in [4.69, 9.17) is 0 Å². The van der Waals surface area contributed by atoms with Gasteiger partial charge in [0.1, 0.15) is 0 Å². The average Bonchev–Trinajstić information content (AvgIpc) is 2.95. The molecule has 0 spiro atoms. The third-order valence-electron chi connectivity index (χ3n) is 3.41. The fraction of sp³-hybridized carbons (Fsp3) is 0.500. The van der Waals surface area contributed by atoms with E-state index in [0.29, 0.717) is 0 Å². The van der Waals surface area contributed by atoms with Crippen molar-refractivity contribution in [2.75, 3.05) is 13.1 Å². The first-order valence-electron chi connectivity index (χ1n) is 7.29. The maximum absolute atomic E-state index is 4.67. The van der Waals surface area contributed by atoms with Gasteiger partial charge in [-0.3, -0.25) is 0 Å². The maximum atomic E-state index is 4.67. The second-order valence-electron chi connectivity index (χ2n) is 5.06. The number of aryl methyl sites for hydroxylation is 2. The maximum Gasteiger partial charge on any atom is 0.160 e. The van der Waals surface area contributed by atoms with Crippen LogP contribution >= 0.6 is 11.3 Å². The highest BCUT2D eigenvalue weighted by molar-refractivity contribution is 7.08. The van der Waals surface area contributed by atoms with E-state index in [1.807, 2.05) is 0 Å². The summed E-state index contributed by atoms with van der Waals surface area (Å²) in [6.07, 6.45) is 3.39. The highest BCUT2D eigenvalue weighted by atomic mass is 32.1. The van der Waals surface area contributed by atoms with Gasteiger partial charge in [0.25, 0.3) is 0 Å². The molecule has 0 aliphatic rings. The van der Waals surface area contributed by atoms with Gasteiger partial charge in [-0.2, -0.15) is 11.3 Å². The largest absolute Gasteiger partial charge is 0.317 e. The first-order valence-corrected chi connectivity index (χ1v) is 8.24. The lowest BCUT2D eigenvalue weighted by atomic mass is 10.1. The Labute approximate surface area is 125 Å². The van der Waals surface area contributed by atoms with Crippen LogP contribution in [-0.4, -0.2) is 23.1 Å². The number of aromatic nitrogens is 2. The summed E-state index contributed by atoms with van der Waals surface area (Å²) in [6, 6.07) is 2.08. The highest BCUT2D eigenvalue weighted by Crippen LogP contribution is 2.21. The predicted octanol–water partition coefficient (Wildman–Crippen LogP) is 3.75. The minimum atomic E-state index is 0.856. The van der Waals surface area contributed by atoms with Crippen LogP contribution in [0.2, 0.25) is 0 Å². The molecule has 2 aromatic rings. The zero-order chi connectivity index (χ0) is 14.4. The summed E-state index contributed by atoms with van der Waals surface area (Å²) in [7, 11) is 0. The van der Waals surface area contributed by atoms with Crippen LogP contribution in [0.15, 0.2) is 16.8 Å². The van der Waals surface area contributed by atoms with Crippen molar-refractivity contribution in [3.63, 3.8) is 0 Å². The van der Waals surface area contributed by atoms with Crippen molar-refractivity contribution in [3.8, 4) is 11.4 Å². The molecule has 20 heavy (non-hydrogen) atoms. The van der Waals surface area contributed by atoms with Gasteiger partial charge >= 0.3 is 0 Å². The minimum absolute atomic E-state index is 0.856. The lowest BCUT2D eigenvalue weighted by Crippen LogP contribution is -2.17. The molecule has 0 aromatic carbocycles. The monoisotopic (exact) mass is 289 g/mol. The summed E-state index contributed by atoms with van der Waals surface area (Å²) in [4.78, 5) is 9.33. The van der Waals surface area contributed by atoms with Crippen molar-refractivity contribution in [1.29, 1.82) is 0 Å². The molecule has 3 nitrogen and oxygen atoms in total. The van der Waals surface area contributed by atoms with Gasteiger partial charge in [0, 0.05) is 22.3 Å². The van der Waals surface area contributed by atoms with Gasteiger partial charge < -0.3 is 5.32 Å². The second-order valence-corrected chi connectivity index (χ2v) is 5.84. The standard InChI is InChI=1S/C16H23N3S/c1-4-8-17-9-5-6-15-12(2)18-16(19-13(15)3)14-7-10-20-11-14/h7,10-11,17H,4-6,8-9H2,1-3H3. The fourth-order valence-corrected chi connectivity index (χ4v) is 2.95. The molecule has 4 heteroatoms. The Kier molecular flexibility index (Phi) is 5.68. The fourth-order valence-electron chi connectivity index (χ4n) is 2.31. The summed E-state index contributed by atoms with van der Waals surface area (Å²) < 4.78 is 0. The SMILES string of the molecule is CCCNCCCc1c(C)nc(-c2ccsc2)nc1C. The van der Waals surface area contributed by atoms with E-state index in [-0.39, 0.29) is 0 Å². The summed E-state index contributed by atoms with van der Waals surface area (Å²) in [5.41, 5.74) is 4.67. The molecule has 0 unspecified atom stereocenters. The number of hydrogen-bond donors (Lipinski definition) is 1. The normalized spacial score (nSPS) is 10.9. The van der Waals surface area contributed by atoms with Gasteiger partial charge in [0.05, 0.1) is 0 Å². The molecule has 0 aliphatic carbocycles. The van der Waals surface area contributed by atoms with Crippen molar-refractivity contribution in [2.45, 2.75) is 40.0 Å². The lowest BCUT2D eigenvalue weighted by Gasteiger charge is -2.10. The summed E-state index contributed by atoms with van der Waals surface area (Å²) in [5, 5.41) is 7.60. The first kappa shape index (κ1) is 15.1. The molecule has 2 heterocycles. The molecule has 1 N–H and O–H groups in total. The Hall–Kier alpha value is -1.26. The third-order valence-corrected chi connectivity index (χ3v) is 4.09. The minimum Gasteiger partial charge on any atom is -0.317 e. The van der Waals surface area contributed by atoms with Gasteiger partial charge in [-0.1, -0.05) is 6.92 Å². The van der Waals surface area contributed by atoms with Gasteiger partial charge in [0.2, 0.25) is 0 Å². The number of nitrogens with zero attached hydrogens (tertiary/aromatic N) is 2. The molecule has 108 valence electrons. The van der Waals surface area contributed by atoms with Crippen molar-refractivity contribution in [1.82, 2.24) is 15.3 Å². The van der Waals surface area contributed by atoms with E-state index in [1.54, 1.807) is 11.3 Å². The highest BCUT2D eigenvalue weighted by Gasteiger charge is 2.09. The average molecular weight is 289 g/mol. The van der Waals surface area contributed by atoms with E-state index in [0.717, 1.165) is 48.7 Å². The van der Waals surface area contributed by atoms with Crippen LogP contribution in [0.25, 0.3) is 11.4 Å². The van der Waals surface area contributed by atoms with Crippen LogP contribution in [-0.2, 0) is 6.42 Å². The topological polar surface area (TPSA) is 37.8 Å². The summed E-state index contributed by atoms with van der Waals surface area (Å²) in [5.74, 6) is 0.856. The Bertz CT molecular complexity index is 512. The van der Waals surface area contributed by atoms with Crippen LogP contribution < -0.4 is 5.32 Å². The van der Waals surface area contributed by atoms with Crippen molar-refractivity contribution < 1.29 is 0 Å². The van der Waals surface area contributed by atoms with Gasteiger partial charge in [-0.25, -0.2) is 9.97 Å². The van der Waals surface area contributed by atoms with E-state index in [9.17, 15) is 0 Å². The Morgan fingerprint density at radius 1 is 1.15 bits per heavy atom. The molecule has 0 saturated carbocycles. The molecule has 0 fully saturated rings. The molecule has 0 amide bonds. The quantitative estimate of drug-likeness (QED) is 0.789. The Balaban J connectivity index is 2.03. The van der Waals surface area contributed by atoms with Gasteiger partial charge in [-0.05, 0) is 63.2 Å². The number of thiophene rings is 1. The van der Waals surface area contributed by atoms with E-state index >= 15 is 0 Å². The molecule has 2 aromatic heterocycles. The number of rotatable bonds is 7. The van der Waals surface area contributed by atoms with E-state index < -0.39 is 0 Å². The Morgan fingerprint density at radius 2 is 1.90 bits per heavy atom. The Morgan fingerprint density at radius 3 is 2.50 bits per heavy atom. The van der Waals surface area contributed by atoms with Crippen LogP contribution in [0.5, 0.6) is 0 Å². The van der Waals surface area contributed by atoms with Crippen molar-refractivity contribution in [3.05, 3.63) is 33.8 Å². The number of nitrogens with one attached hydrogen (secondary N) is 1.